The third-order valence-electron chi connectivity index (χ3n) is 2.87. The van der Waals surface area contributed by atoms with Crippen molar-refractivity contribution in [3.63, 3.8) is 0 Å². The minimum Gasteiger partial charge on any atom is -0.493 e. The van der Waals surface area contributed by atoms with E-state index in [4.69, 9.17) is 43.8 Å². The molecule has 0 radical (unpaired) electrons. The Morgan fingerprint density at radius 1 is 1.05 bits per heavy atom. The van der Waals surface area contributed by atoms with Crippen LogP contribution in [0.25, 0.3) is 0 Å². The molecule has 2 rings (SSSR count). The maximum atomic E-state index is 5.81. The van der Waals surface area contributed by atoms with Crippen LogP contribution in [0, 0.1) is 0 Å². The molecule has 6 heteroatoms. The molecule has 0 saturated heterocycles. The van der Waals surface area contributed by atoms with Gasteiger partial charge in [0.25, 0.3) is 0 Å². The van der Waals surface area contributed by atoms with Crippen molar-refractivity contribution in [3.8, 4) is 17.2 Å². The minimum atomic E-state index is 0.316. The lowest BCUT2D eigenvalue weighted by Crippen LogP contribution is -2.11. The Labute approximate surface area is 139 Å². The predicted octanol–water partition coefficient (Wildman–Crippen LogP) is 3.44. The summed E-state index contributed by atoms with van der Waals surface area (Å²) in [5.41, 5.74) is 6.32. The molecule has 0 atom stereocenters. The van der Waals surface area contributed by atoms with Crippen LogP contribution in [-0.2, 0) is 0 Å². The lowest BCUT2D eigenvalue weighted by atomic mass is 10.2. The van der Waals surface area contributed by atoms with Gasteiger partial charge >= 0.3 is 0 Å². The normalized spacial score (nSPS) is 10.1. The first-order valence-electron chi connectivity index (χ1n) is 6.59. The lowest BCUT2D eigenvalue weighted by molar-refractivity contribution is 0.211. The molecule has 0 bridgehead atoms. The summed E-state index contributed by atoms with van der Waals surface area (Å²) >= 11 is 10.7. The van der Waals surface area contributed by atoms with Gasteiger partial charge in [0.15, 0.2) is 11.5 Å². The zero-order valence-corrected chi connectivity index (χ0v) is 13.6. The largest absolute Gasteiger partial charge is 0.493 e. The smallest absolute Gasteiger partial charge is 0.161 e. The van der Waals surface area contributed by atoms with Gasteiger partial charge in [-0.2, -0.15) is 0 Å². The van der Waals surface area contributed by atoms with Gasteiger partial charge in [0.05, 0.1) is 7.11 Å². The van der Waals surface area contributed by atoms with Crippen molar-refractivity contribution in [1.82, 2.24) is 0 Å². The summed E-state index contributed by atoms with van der Waals surface area (Å²) in [5.74, 6) is 1.93. The molecule has 0 amide bonds. The van der Waals surface area contributed by atoms with Crippen LogP contribution in [0.4, 0.5) is 0 Å². The van der Waals surface area contributed by atoms with Gasteiger partial charge in [-0.1, -0.05) is 23.8 Å². The lowest BCUT2D eigenvalue weighted by Gasteiger charge is -2.12. The molecule has 0 aliphatic carbocycles. The van der Waals surface area contributed by atoms with Crippen LogP contribution in [0.2, 0.25) is 5.02 Å². The van der Waals surface area contributed by atoms with Crippen LogP contribution >= 0.6 is 23.8 Å². The van der Waals surface area contributed by atoms with Gasteiger partial charge in [0.1, 0.15) is 24.0 Å². The van der Waals surface area contributed by atoms with Crippen LogP contribution in [-0.4, -0.2) is 25.3 Å². The van der Waals surface area contributed by atoms with Gasteiger partial charge in [-0.05, 0) is 42.5 Å². The van der Waals surface area contributed by atoms with E-state index in [0.29, 0.717) is 34.7 Å². The van der Waals surface area contributed by atoms with Gasteiger partial charge in [0, 0.05) is 10.6 Å². The highest BCUT2D eigenvalue weighted by molar-refractivity contribution is 7.80. The third-order valence-corrected chi connectivity index (χ3v) is 3.36. The first-order chi connectivity index (χ1) is 10.6. The quantitative estimate of drug-likeness (QED) is 0.619. The van der Waals surface area contributed by atoms with Crippen molar-refractivity contribution in [1.29, 1.82) is 0 Å². The molecule has 0 spiro atoms. The Hall–Kier alpha value is -1.98. The van der Waals surface area contributed by atoms with Gasteiger partial charge in [0.2, 0.25) is 0 Å². The van der Waals surface area contributed by atoms with Crippen molar-refractivity contribution < 1.29 is 14.2 Å². The number of hydrogen-bond donors (Lipinski definition) is 1. The molecule has 116 valence electrons. The number of rotatable bonds is 7. The number of halogens is 1. The molecule has 2 aromatic carbocycles. The van der Waals surface area contributed by atoms with E-state index >= 15 is 0 Å². The molecule has 0 unspecified atom stereocenters. The SMILES string of the molecule is COc1cc(C(N)=S)ccc1OCCOc1ccc(Cl)cc1. The minimum absolute atomic E-state index is 0.316. The van der Waals surface area contributed by atoms with E-state index in [-0.39, 0.29) is 0 Å². The predicted molar refractivity (Wildman–Crippen MR) is 91.3 cm³/mol. The maximum Gasteiger partial charge on any atom is 0.161 e. The average molecular weight is 338 g/mol. The highest BCUT2D eigenvalue weighted by Crippen LogP contribution is 2.28. The second-order valence-corrected chi connectivity index (χ2v) is 5.26. The van der Waals surface area contributed by atoms with Crippen molar-refractivity contribution in [2.24, 2.45) is 5.73 Å². The van der Waals surface area contributed by atoms with Gasteiger partial charge in [-0.25, -0.2) is 0 Å². The fourth-order valence-electron chi connectivity index (χ4n) is 1.78. The summed E-state index contributed by atoms with van der Waals surface area (Å²) in [5, 5.41) is 0.672. The summed E-state index contributed by atoms with van der Waals surface area (Å²) in [4.78, 5) is 0.316. The zero-order valence-electron chi connectivity index (χ0n) is 12.0. The van der Waals surface area contributed by atoms with E-state index < -0.39 is 0 Å². The summed E-state index contributed by atoms with van der Waals surface area (Å²) in [6, 6.07) is 12.5. The number of ether oxygens (including phenoxy) is 3. The summed E-state index contributed by atoms with van der Waals surface area (Å²) in [7, 11) is 1.57. The van der Waals surface area contributed by atoms with Gasteiger partial charge < -0.3 is 19.9 Å². The second-order valence-electron chi connectivity index (χ2n) is 4.38. The van der Waals surface area contributed by atoms with Crippen molar-refractivity contribution in [3.05, 3.63) is 53.1 Å². The molecule has 2 aromatic rings. The van der Waals surface area contributed by atoms with Crippen molar-refractivity contribution in [2.45, 2.75) is 0 Å². The summed E-state index contributed by atoms with van der Waals surface area (Å²) < 4.78 is 16.5. The maximum absolute atomic E-state index is 5.81. The van der Waals surface area contributed by atoms with Crippen molar-refractivity contribution in [2.75, 3.05) is 20.3 Å². The Bertz CT molecular complexity index is 646. The molecule has 22 heavy (non-hydrogen) atoms. The second kappa shape index (κ2) is 7.87. The molecule has 0 heterocycles. The molecule has 0 saturated carbocycles. The molecule has 0 aromatic heterocycles. The van der Waals surface area contributed by atoms with E-state index in [2.05, 4.69) is 0 Å². The molecule has 0 aliphatic heterocycles. The van der Waals surface area contributed by atoms with E-state index in [9.17, 15) is 0 Å². The zero-order chi connectivity index (χ0) is 15.9. The Kier molecular flexibility index (Phi) is 5.86. The molecule has 2 N–H and O–H groups in total. The molecular weight excluding hydrogens is 322 g/mol. The standard InChI is InChI=1S/C16H16ClNO3S/c1-19-15-10-11(16(18)22)2-7-14(15)21-9-8-20-13-5-3-12(17)4-6-13/h2-7,10H,8-9H2,1H3,(H2,18,22). The summed E-state index contributed by atoms with van der Waals surface area (Å²) in [6.07, 6.45) is 0. The van der Waals surface area contributed by atoms with E-state index in [1.54, 1.807) is 49.6 Å². The van der Waals surface area contributed by atoms with E-state index in [1.165, 1.54) is 0 Å². The molecular formula is C16H16ClNO3S. The first-order valence-corrected chi connectivity index (χ1v) is 7.38. The molecule has 0 aliphatic rings. The number of thiocarbonyl (C=S) groups is 1. The number of benzene rings is 2. The Morgan fingerprint density at radius 2 is 1.73 bits per heavy atom. The third kappa shape index (κ3) is 4.51. The topological polar surface area (TPSA) is 53.7 Å². The van der Waals surface area contributed by atoms with Crippen LogP contribution < -0.4 is 19.9 Å². The first kappa shape index (κ1) is 16.4. The number of hydrogen-bond acceptors (Lipinski definition) is 4. The average Bonchev–Trinajstić information content (AvgIpc) is 2.53. The number of methoxy groups -OCH3 is 1. The van der Waals surface area contributed by atoms with Crippen LogP contribution in [0.5, 0.6) is 17.2 Å². The van der Waals surface area contributed by atoms with Gasteiger partial charge in [-0.3, -0.25) is 0 Å². The van der Waals surface area contributed by atoms with E-state index in [1.807, 2.05) is 0 Å². The Balaban J connectivity index is 1.88. The highest BCUT2D eigenvalue weighted by atomic mass is 35.5. The van der Waals surface area contributed by atoms with Gasteiger partial charge in [-0.15, -0.1) is 0 Å². The fourth-order valence-corrected chi connectivity index (χ4v) is 2.04. The molecule has 0 fully saturated rings. The van der Waals surface area contributed by atoms with Crippen LogP contribution in [0.3, 0.4) is 0 Å². The highest BCUT2D eigenvalue weighted by Gasteiger charge is 2.07. The number of nitrogens with two attached hydrogens (primary N) is 1. The fraction of sp³-hybridized carbons (Fsp3) is 0.188. The Morgan fingerprint density at radius 3 is 2.36 bits per heavy atom. The van der Waals surface area contributed by atoms with Crippen LogP contribution in [0.1, 0.15) is 5.56 Å². The van der Waals surface area contributed by atoms with E-state index in [0.717, 1.165) is 11.3 Å². The van der Waals surface area contributed by atoms with Crippen LogP contribution in [0.15, 0.2) is 42.5 Å². The summed E-state index contributed by atoms with van der Waals surface area (Å²) in [6.45, 7) is 0.785. The molecule has 4 nitrogen and oxygen atoms in total. The van der Waals surface area contributed by atoms with Crippen molar-refractivity contribution >= 4 is 28.8 Å². The monoisotopic (exact) mass is 337 g/mol.